The molecule has 0 aliphatic carbocycles. The van der Waals surface area contributed by atoms with Crippen molar-refractivity contribution in [3.05, 3.63) is 11.6 Å². The minimum Gasteiger partial charge on any atom is -0.492 e. The molecule has 0 fully saturated rings. The fourth-order valence-electron chi connectivity index (χ4n) is 2.79. The van der Waals surface area contributed by atoms with Crippen LogP contribution >= 0.6 is 0 Å². The smallest absolute Gasteiger partial charge is 0.356 e. The van der Waals surface area contributed by atoms with Gasteiger partial charge >= 0.3 is 5.97 Å². The van der Waals surface area contributed by atoms with E-state index in [1.807, 2.05) is 6.07 Å². The van der Waals surface area contributed by atoms with Crippen molar-refractivity contribution >= 4 is 11.7 Å². The van der Waals surface area contributed by atoms with E-state index in [1.54, 1.807) is 14.0 Å². The quantitative estimate of drug-likeness (QED) is 0.728. The highest BCUT2D eigenvalue weighted by Crippen LogP contribution is 2.49. The molecule has 130 valence electrons. The maximum Gasteiger partial charge on any atom is 0.356 e. The van der Waals surface area contributed by atoms with Crippen LogP contribution < -0.4 is 18.9 Å². The molecule has 0 saturated carbocycles. The van der Waals surface area contributed by atoms with Gasteiger partial charge < -0.3 is 28.5 Å². The van der Waals surface area contributed by atoms with Crippen molar-refractivity contribution in [2.45, 2.75) is 13.3 Å². The van der Waals surface area contributed by atoms with Crippen molar-refractivity contribution in [2.75, 3.05) is 34.2 Å². The summed E-state index contributed by atoms with van der Waals surface area (Å²) in [6.07, 6.45) is 0.466. The predicted molar refractivity (Wildman–Crippen MR) is 82.9 cm³/mol. The molecule has 0 aromatic heterocycles. The minimum absolute atomic E-state index is 0.125. The lowest BCUT2D eigenvalue weighted by atomic mass is 9.94. The van der Waals surface area contributed by atoms with Gasteiger partial charge in [0.1, 0.15) is 6.61 Å². The summed E-state index contributed by atoms with van der Waals surface area (Å²) >= 11 is 0. The van der Waals surface area contributed by atoms with Crippen LogP contribution in [0.2, 0.25) is 0 Å². The Labute approximate surface area is 139 Å². The highest BCUT2D eigenvalue weighted by Gasteiger charge is 2.33. The van der Waals surface area contributed by atoms with Crippen molar-refractivity contribution in [3.63, 3.8) is 0 Å². The van der Waals surface area contributed by atoms with Gasteiger partial charge in [-0.2, -0.15) is 0 Å². The fraction of sp³-hybridized carbons (Fsp3) is 0.500. The first-order valence-electron chi connectivity index (χ1n) is 7.60. The molecule has 8 nitrogen and oxygen atoms in total. The van der Waals surface area contributed by atoms with E-state index in [0.29, 0.717) is 36.0 Å². The molecule has 0 bridgehead atoms. The Morgan fingerprint density at radius 1 is 1.29 bits per heavy atom. The fourth-order valence-corrected chi connectivity index (χ4v) is 2.79. The maximum absolute atomic E-state index is 12.0. The molecule has 2 aliphatic rings. The molecule has 1 unspecified atom stereocenters. The second-order valence-corrected chi connectivity index (χ2v) is 5.23. The summed E-state index contributed by atoms with van der Waals surface area (Å²) in [4.78, 5) is 17.1. The zero-order valence-corrected chi connectivity index (χ0v) is 13.8. The Bertz CT molecular complexity index is 671. The monoisotopic (exact) mass is 337 g/mol. The van der Waals surface area contributed by atoms with E-state index in [4.69, 9.17) is 28.5 Å². The summed E-state index contributed by atoms with van der Waals surface area (Å²) < 4.78 is 26.8. The van der Waals surface area contributed by atoms with E-state index in [-0.39, 0.29) is 25.0 Å². The Morgan fingerprint density at radius 2 is 2.08 bits per heavy atom. The average Bonchev–Trinajstić information content (AvgIpc) is 3.22. The molecule has 0 radical (unpaired) electrons. The summed E-state index contributed by atoms with van der Waals surface area (Å²) in [5.41, 5.74) is 1.08. The van der Waals surface area contributed by atoms with Crippen LogP contribution in [-0.4, -0.2) is 45.9 Å². The highest BCUT2D eigenvalue weighted by molar-refractivity contribution is 6.37. The summed E-state index contributed by atoms with van der Waals surface area (Å²) in [5, 5.41) is 3.82. The largest absolute Gasteiger partial charge is 0.492 e. The molecule has 1 aromatic rings. The predicted octanol–water partition coefficient (Wildman–Crippen LogP) is 1.54. The molecule has 24 heavy (non-hydrogen) atoms. The number of esters is 1. The average molecular weight is 337 g/mol. The first kappa shape index (κ1) is 16.2. The SMILES string of the molecule is CCOC(=O)C1=NOCC1Cc1cc2c(c(OC)c1OC)OCO2. The van der Waals surface area contributed by atoms with Crippen molar-refractivity contribution in [2.24, 2.45) is 11.1 Å². The maximum atomic E-state index is 12.0. The second kappa shape index (κ2) is 6.86. The van der Waals surface area contributed by atoms with E-state index in [9.17, 15) is 4.79 Å². The normalized spacial score (nSPS) is 18.0. The third kappa shape index (κ3) is 2.79. The van der Waals surface area contributed by atoms with Gasteiger partial charge in [0.25, 0.3) is 0 Å². The first-order valence-corrected chi connectivity index (χ1v) is 7.60. The Balaban J connectivity index is 1.90. The second-order valence-electron chi connectivity index (χ2n) is 5.23. The van der Waals surface area contributed by atoms with Gasteiger partial charge in [-0.1, -0.05) is 5.16 Å². The van der Waals surface area contributed by atoms with Gasteiger partial charge in [-0.05, 0) is 19.4 Å². The van der Waals surface area contributed by atoms with Crippen molar-refractivity contribution in [1.82, 2.24) is 0 Å². The number of rotatable bonds is 6. The number of carbonyl (C=O) groups is 1. The summed E-state index contributed by atoms with van der Waals surface area (Å²) in [6.45, 7) is 2.45. The lowest BCUT2D eigenvalue weighted by molar-refractivity contribution is -0.135. The zero-order valence-electron chi connectivity index (χ0n) is 13.8. The summed E-state index contributed by atoms with van der Waals surface area (Å²) in [5.74, 6) is 1.40. The zero-order chi connectivity index (χ0) is 17.1. The number of nitrogens with zero attached hydrogens (tertiary/aromatic N) is 1. The van der Waals surface area contributed by atoms with Crippen molar-refractivity contribution in [1.29, 1.82) is 0 Å². The van der Waals surface area contributed by atoms with E-state index < -0.39 is 5.97 Å². The molecular weight excluding hydrogens is 318 g/mol. The van der Waals surface area contributed by atoms with Gasteiger partial charge in [0.15, 0.2) is 17.2 Å². The molecule has 0 saturated heterocycles. The van der Waals surface area contributed by atoms with Gasteiger partial charge in [0, 0.05) is 5.56 Å². The summed E-state index contributed by atoms with van der Waals surface area (Å²) in [7, 11) is 3.09. The number of hydrogen-bond donors (Lipinski definition) is 0. The Hall–Kier alpha value is -2.64. The third-order valence-electron chi connectivity index (χ3n) is 3.84. The molecule has 0 amide bonds. The molecule has 8 heteroatoms. The molecule has 0 spiro atoms. The van der Waals surface area contributed by atoms with Crippen LogP contribution in [0.4, 0.5) is 0 Å². The van der Waals surface area contributed by atoms with Crippen molar-refractivity contribution < 1.29 is 33.3 Å². The van der Waals surface area contributed by atoms with Gasteiger partial charge in [-0.25, -0.2) is 4.79 Å². The van der Waals surface area contributed by atoms with Crippen LogP contribution in [0.1, 0.15) is 12.5 Å². The van der Waals surface area contributed by atoms with E-state index in [1.165, 1.54) is 7.11 Å². The van der Waals surface area contributed by atoms with Gasteiger partial charge in [-0.15, -0.1) is 0 Å². The highest BCUT2D eigenvalue weighted by atomic mass is 16.7. The van der Waals surface area contributed by atoms with Crippen molar-refractivity contribution in [3.8, 4) is 23.0 Å². The van der Waals surface area contributed by atoms with Gasteiger partial charge in [0.2, 0.25) is 18.3 Å². The molecular formula is C16H19NO7. The molecule has 1 aromatic carbocycles. The van der Waals surface area contributed by atoms with E-state index in [0.717, 1.165) is 5.56 Å². The third-order valence-corrected chi connectivity index (χ3v) is 3.84. The van der Waals surface area contributed by atoms with Crippen LogP contribution in [0, 0.1) is 5.92 Å². The van der Waals surface area contributed by atoms with E-state index >= 15 is 0 Å². The summed E-state index contributed by atoms with van der Waals surface area (Å²) in [6, 6.07) is 1.82. The number of hydrogen-bond acceptors (Lipinski definition) is 8. The van der Waals surface area contributed by atoms with Crippen LogP contribution in [0.25, 0.3) is 0 Å². The number of methoxy groups -OCH3 is 2. The van der Waals surface area contributed by atoms with Gasteiger partial charge in [-0.3, -0.25) is 0 Å². The number of fused-ring (bicyclic) bond motifs is 1. The standard InChI is InChI=1S/C16H19NO7/c1-4-21-16(18)12-10(7-24-17-12)5-9-6-11-14(23-8-22-11)15(20-3)13(9)19-2/h6,10H,4-5,7-8H2,1-3H3. The van der Waals surface area contributed by atoms with Gasteiger partial charge in [0.05, 0.1) is 26.7 Å². The first-order chi connectivity index (χ1) is 11.7. The van der Waals surface area contributed by atoms with Crippen LogP contribution in [0.5, 0.6) is 23.0 Å². The minimum atomic E-state index is -0.466. The lowest BCUT2D eigenvalue weighted by Gasteiger charge is -2.17. The Morgan fingerprint density at radius 3 is 2.79 bits per heavy atom. The molecule has 0 N–H and O–H groups in total. The lowest BCUT2D eigenvalue weighted by Crippen LogP contribution is -2.26. The van der Waals surface area contributed by atoms with E-state index in [2.05, 4.69) is 5.16 Å². The topological polar surface area (TPSA) is 84.8 Å². The van der Waals surface area contributed by atoms with Crippen LogP contribution in [0.3, 0.4) is 0 Å². The molecule has 1 atom stereocenters. The number of carbonyl (C=O) groups excluding carboxylic acids is 1. The number of benzene rings is 1. The van der Waals surface area contributed by atoms with Crippen LogP contribution in [0.15, 0.2) is 11.2 Å². The molecule has 3 rings (SSSR count). The Kier molecular flexibility index (Phi) is 4.64. The number of ether oxygens (including phenoxy) is 5. The van der Waals surface area contributed by atoms with Crippen LogP contribution in [-0.2, 0) is 20.8 Å². The molecule has 2 aliphatic heterocycles. The molecule has 2 heterocycles. The number of oxime groups is 1.